The van der Waals surface area contributed by atoms with Crippen LogP contribution in [0.1, 0.15) is 29.8 Å². The van der Waals surface area contributed by atoms with Gasteiger partial charge in [0.2, 0.25) is 5.95 Å². The molecule has 2 aromatic carbocycles. The second-order valence-corrected chi connectivity index (χ2v) is 11.9. The largest absolute Gasteiger partial charge is 0.457 e. The summed E-state index contributed by atoms with van der Waals surface area (Å²) >= 11 is 0.835. The Morgan fingerprint density at radius 3 is 2.41 bits per heavy atom. The Bertz CT molecular complexity index is 1740. The number of imide groups is 1. The minimum absolute atomic E-state index is 0.239. The van der Waals surface area contributed by atoms with Gasteiger partial charge in [0.15, 0.2) is 0 Å². The van der Waals surface area contributed by atoms with E-state index in [2.05, 4.69) is 30.5 Å². The van der Waals surface area contributed by atoms with Gasteiger partial charge in [-0.15, -0.1) is 0 Å². The highest BCUT2D eigenvalue weighted by atomic mass is 32.2. The van der Waals surface area contributed by atoms with Crippen molar-refractivity contribution >= 4 is 34.9 Å². The van der Waals surface area contributed by atoms with Crippen LogP contribution in [0, 0.1) is 5.92 Å². The fourth-order valence-corrected chi connectivity index (χ4v) is 5.88. The molecule has 13 heteroatoms. The molecule has 6 rings (SSSR count). The highest BCUT2D eigenvalue weighted by molar-refractivity contribution is 8.18. The number of hydrogen-bond acceptors (Lipinski definition) is 9. The van der Waals surface area contributed by atoms with Crippen molar-refractivity contribution in [1.82, 2.24) is 25.6 Å². The van der Waals surface area contributed by atoms with Crippen molar-refractivity contribution in [3.8, 4) is 22.8 Å². The van der Waals surface area contributed by atoms with E-state index in [1.54, 1.807) is 48.7 Å². The van der Waals surface area contributed by atoms with E-state index < -0.39 is 23.0 Å². The zero-order chi connectivity index (χ0) is 32.1. The number of hydrogen-bond donors (Lipinski definition) is 2. The first kappa shape index (κ1) is 31.2. The van der Waals surface area contributed by atoms with Gasteiger partial charge in [0.1, 0.15) is 17.2 Å². The van der Waals surface area contributed by atoms with E-state index in [1.165, 1.54) is 0 Å². The van der Waals surface area contributed by atoms with Crippen molar-refractivity contribution in [3.63, 3.8) is 0 Å². The van der Waals surface area contributed by atoms with E-state index in [1.807, 2.05) is 30.3 Å². The number of ether oxygens (including phenoxy) is 1. The van der Waals surface area contributed by atoms with Crippen molar-refractivity contribution in [1.29, 1.82) is 0 Å². The predicted molar refractivity (Wildman–Crippen MR) is 169 cm³/mol. The number of anilines is 1. The summed E-state index contributed by atoms with van der Waals surface area (Å²) in [5.74, 6) is 1.66. The number of pyridine rings is 1. The van der Waals surface area contributed by atoms with E-state index >= 15 is 0 Å². The number of nitrogens with one attached hydrogen (secondary N) is 2. The summed E-state index contributed by atoms with van der Waals surface area (Å²) in [4.78, 5) is 38.5. The van der Waals surface area contributed by atoms with E-state index in [9.17, 15) is 22.8 Å². The molecule has 2 aromatic heterocycles. The number of alkyl halides is 3. The molecule has 2 aliphatic rings. The molecule has 0 unspecified atom stereocenters. The minimum Gasteiger partial charge on any atom is -0.457 e. The number of thioether (sulfide) groups is 1. The number of nitrogens with zero attached hydrogens (tertiary/aromatic N) is 4. The highest BCUT2D eigenvalue weighted by Gasteiger charge is 2.33. The molecular formula is C33H29F3N6O3S. The normalized spacial score (nSPS) is 16.6. The van der Waals surface area contributed by atoms with E-state index in [0.29, 0.717) is 59.8 Å². The zero-order valence-corrected chi connectivity index (χ0v) is 25.3. The average molecular weight is 647 g/mol. The summed E-state index contributed by atoms with van der Waals surface area (Å²) in [5.41, 5.74) is 0.891. The van der Waals surface area contributed by atoms with Crippen LogP contribution in [0.15, 0.2) is 83.9 Å². The van der Waals surface area contributed by atoms with Crippen LogP contribution < -0.4 is 20.3 Å². The molecule has 0 aliphatic carbocycles. The van der Waals surface area contributed by atoms with Crippen LogP contribution in [0.2, 0.25) is 0 Å². The molecule has 2 saturated heterocycles. The molecule has 2 N–H and O–H groups in total. The number of halogens is 3. The van der Waals surface area contributed by atoms with Crippen LogP contribution >= 0.6 is 11.8 Å². The van der Waals surface area contributed by atoms with E-state index in [-0.39, 0.29) is 17.1 Å². The Labute approximate surface area is 267 Å². The molecule has 0 saturated carbocycles. The smallest absolute Gasteiger partial charge is 0.433 e. The van der Waals surface area contributed by atoms with Crippen LogP contribution in [0.4, 0.5) is 23.9 Å². The lowest BCUT2D eigenvalue weighted by Gasteiger charge is -2.32. The summed E-state index contributed by atoms with van der Waals surface area (Å²) < 4.78 is 47.1. The Balaban J connectivity index is 1.05. The number of carbonyl (C=O) groups is 2. The minimum atomic E-state index is -4.58. The number of carbonyl (C=O) groups excluding carboxylic acids is 2. The van der Waals surface area contributed by atoms with Crippen LogP contribution in [0.25, 0.3) is 17.3 Å². The van der Waals surface area contributed by atoms with Gasteiger partial charge in [-0.1, -0.05) is 18.2 Å². The summed E-state index contributed by atoms with van der Waals surface area (Å²) in [6, 6.07) is 20.5. The van der Waals surface area contributed by atoms with Crippen molar-refractivity contribution < 1.29 is 27.5 Å². The fraction of sp³-hybridized carbons (Fsp3) is 0.242. The molecular weight excluding hydrogens is 617 g/mol. The maximum Gasteiger partial charge on any atom is 0.433 e. The van der Waals surface area contributed by atoms with E-state index in [0.717, 1.165) is 30.7 Å². The number of piperidine rings is 1. The van der Waals surface area contributed by atoms with Crippen molar-refractivity contribution in [2.24, 2.45) is 5.92 Å². The van der Waals surface area contributed by atoms with Gasteiger partial charge < -0.3 is 15.0 Å². The first-order valence-corrected chi connectivity index (χ1v) is 15.5. The molecule has 0 atom stereocenters. The summed E-state index contributed by atoms with van der Waals surface area (Å²) in [5, 5.41) is 5.15. The van der Waals surface area contributed by atoms with Gasteiger partial charge in [-0.25, -0.2) is 15.0 Å². The van der Waals surface area contributed by atoms with E-state index in [4.69, 9.17) is 4.74 Å². The van der Waals surface area contributed by atoms with Crippen LogP contribution in [0.5, 0.6) is 11.5 Å². The molecule has 2 aliphatic heterocycles. The SMILES string of the molecule is O=C1NC(=O)/C(=C/c2ccnc(N3CCC(CNCc4cc(-c5ccc(Oc6ccccc6)cc5)nc(C(F)(F)F)c4)CC3)n2)S1. The first-order chi connectivity index (χ1) is 22.2. The van der Waals surface area contributed by atoms with Crippen LogP contribution in [-0.2, 0) is 17.5 Å². The average Bonchev–Trinajstić information content (AvgIpc) is 3.37. The van der Waals surface area contributed by atoms with Crippen LogP contribution in [0.3, 0.4) is 0 Å². The number of rotatable bonds is 9. The van der Waals surface area contributed by atoms with Crippen LogP contribution in [-0.4, -0.2) is 45.7 Å². The third-order valence-corrected chi connectivity index (χ3v) is 8.36. The number of amides is 2. The summed E-state index contributed by atoms with van der Waals surface area (Å²) in [6.45, 7) is 2.33. The molecule has 0 radical (unpaired) electrons. The van der Waals surface area contributed by atoms with Crippen molar-refractivity contribution in [2.75, 3.05) is 24.5 Å². The van der Waals surface area contributed by atoms with Gasteiger partial charge in [-0.05, 0) is 103 Å². The Kier molecular flexibility index (Phi) is 9.31. The number of benzene rings is 2. The third-order valence-electron chi connectivity index (χ3n) is 7.55. The quantitative estimate of drug-likeness (QED) is 0.193. The topological polar surface area (TPSA) is 109 Å². The molecule has 9 nitrogen and oxygen atoms in total. The molecule has 0 bridgehead atoms. The lowest BCUT2D eigenvalue weighted by Crippen LogP contribution is -2.38. The predicted octanol–water partition coefficient (Wildman–Crippen LogP) is 6.68. The molecule has 2 fully saturated rings. The molecule has 2 amide bonds. The maximum absolute atomic E-state index is 13.8. The van der Waals surface area contributed by atoms with Gasteiger partial charge in [-0.2, -0.15) is 13.2 Å². The van der Waals surface area contributed by atoms with Crippen molar-refractivity contribution in [2.45, 2.75) is 25.6 Å². The molecule has 236 valence electrons. The van der Waals surface area contributed by atoms with Gasteiger partial charge in [0.25, 0.3) is 11.1 Å². The van der Waals surface area contributed by atoms with Gasteiger partial charge >= 0.3 is 6.18 Å². The van der Waals surface area contributed by atoms with Gasteiger partial charge in [0.05, 0.1) is 16.3 Å². The summed E-state index contributed by atoms with van der Waals surface area (Å²) in [6.07, 6.45) is 0.301. The molecule has 46 heavy (non-hydrogen) atoms. The molecule has 4 aromatic rings. The number of aromatic nitrogens is 3. The monoisotopic (exact) mass is 646 g/mol. The second-order valence-electron chi connectivity index (χ2n) is 10.9. The fourth-order valence-electron chi connectivity index (χ4n) is 5.21. The van der Waals surface area contributed by atoms with Crippen molar-refractivity contribution in [3.05, 3.63) is 101 Å². The Hall–Kier alpha value is -4.75. The third kappa shape index (κ3) is 7.90. The molecule has 0 spiro atoms. The van der Waals surface area contributed by atoms with Gasteiger partial charge in [-0.3, -0.25) is 14.9 Å². The first-order valence-electron chi connectivity index (χ1n) is 14.6. The second kappa shape index (κ2) is 13.7. The maximum atomic E-state index is 13.8. The number of para-hydroxylation sites is 1. The summed E-state index contributed by atoms with van der Waals surface area (Å²) in [7, 11) is 0. The standard InChI is InChI=1S/C33H29F3N6O3S/c34-33(35,36)29-17-22(16-27(40-29)23-6-8-26(9-7-23)45-25-4-2-1-3-5-25)20-37-19-21-11-14-42(15-12-21)31-38-13-10-24(39-31)18-28-30(43)41-32(44)46-28/h1-10,13,16-18,21,37H,11-12,14-15,19-20H2,(H,41,43,44)/b28-18-. The Morgan fingerprint density at radius 1 is 0.978 bits per heavy atom. The zero-order valence-electron chi connectivity index (χ0n) is 24.5. The van der Waals surface area contributed by atoms with Gasteiger partial charge in [0, 0.05) is 31.4 Å². The highest BCUT2D eigenvalue weighted by Crippen LogP contribution is 2.32. The Morgan fingerprint density at radius 2 is 1.72 bits per heavy atom. The lowest BCUT2D eigenvalue weighted by atomic mass is 9.97. The lowest BCUT2D eigenvalue weighted by molar-refractivity contribution is -0.141. The molecule has 4 heterocycles.